The van der Waals surface area contributed by atoms with E-state index in [1.807, 2.05) is 0 Å². The Kier molecular flexibility index (Phi) is 7.64. The van der Waals surface area contributed by atoms with E-state index in [0.717, 1.165) is 6.07 Å². The summed E-state index contributed by atoms with van der Waals surface area (Å²) in [5.41, 5.74) is 5.98. The number of anilines is 1. The van der Waals surface area contributed by atoms with Gasteiger partial charge in [0.05, 0.1) is 11.4 Å². The quantitative estimate of drug-likeness (QED) is 0.199. The number of halogens is 5. The largest absolute Gasteiger partial charge is 0.451 e. The predicted octanol–water partition coefficient (Wildman–Crippen LogP) is 6.57. The molecule has 222 valence electrons. The molecule has 0 atom stereocenters. The van der Waals surface area contributed by atoms with Gasteiger partial charge in [0, 0.05) is 23.7 Å². The van der Waals surface area contributed by atoms with Crippen LogP contribution in [-0.2, 0) is 4.74 Å². The van der Waals surface area contributed by atoms with E-state index in [0.29, 0.717) is 36.7 Å². The second-order valence-electron chi connectivity index (χ2n) is 10.9. The molecule has 42 heavy (non-hydrogen) atoms. The van der Waals surface area contributed by atoms with Crippen molar-refractivity contribution in [3.05, 3.63) is 59.7 Å². The molecule has 0 saturated heterocycles. The molecule has 5 rings (SSSR count). The van der Waals surface area contributed by atoms with Gasteiger partial charge in [0.25, 0.3) is 0 Å². The van der Waals surface area contributed by atoms with Crippen LogP contribution < -0.4 is 15.8 Å². The minimum Gasteiger partial charge on any atom is -0.451 e. The number of nitrogen functional groups attached to an aromatic ring is 1. The first-order valence-electron chi connectivity index (χ1n) is 13.1. The van der Waals surface area contributed by atoms with Crippen molar-refractivity contribution in [1.82, 2.24) is 25.1 Å². The lowest BCUT2D eigenvalue weighted by Crippen LogP contribution is -2.41. The second kappa shape index (κ2) is 11.1. The topological polar surface area (TPSA) is 117 Å². The number of carbonyl (C=O) groups is 1. The van der Waals surface area contributed by atoms with Crippen LogP contribution in [0, 0.1) is 29.1 Å². The Morgan fingerprint density at radius 3 is 2.26 bits per heavy atom. The van der Waals surface area contributed by atoms with Gasteiger partial charge in [-0.2, -0.15) is 13.9 Å². The molecule has 2 aromatic heterocycles. The average Bonchev–Trinajstić information content (AvgIpc) is 3.30. The molecule has 1 amide bonds. The van der Waals surface area contributed by atoms with Gasteiger partial charge >= 0.3 is 6.09 Å². The van der Waals surface area contributed by atoms with Crippen molar-refractivity contribution in [2.24, 2.45) is 0 Å². The normalized spacial score (nSPS) is 17.3. The molecule has 2 aromatic carbocycles. The minimum absolute atomic E-state index is 0.0408. The molecule has 9 nitrogen and oxygen atoms in total. The monoisotopic (exact) mass is 590 g/mol. The van der Waals surface area contributed by atoms with Crippen LogP contribution in [-0.4, -0.2) is 37.5 Å². The fraction of sp³-hybridized carbons (Fsp3) is 0.357. The van der Waals surface area contributed by atoms with Gasteiger partial charge in [0.15, 0.2) is 17.3 Å². The lowest BCUT2D eigenvalue weighted by atomic mass is 9.91. The summed E-state index contributed by atoms with van der Waals surface area (Å²) in [5.74, 6) is -9.46. The van der Waals surface area contributed by atoms with Gasteiger partial charge in [0.1, 0.15) is 35.0 Å². The number of fused-ring (bicyclic) bond motifs is 1. The number of nitrogens with zero attached hydrogens (tertiary/aromatic N) is 4. The van der Waals surface area contributed by atoms with Crippen molar-refractivity contribution < 1.29 is 36.2 Å². The standard InChI is InChI=1S/C28H27F5N6O3/c1-28(2,3)42-27(40)37-13-4-6-14(7-5-13)39-26-20(25(34)35-12-36-26)23(38-39)16-9-8-15(10-17(16)29)41-24-21(32)18(30)11-19(31)22(24)33/h8-14H,4-7H2,1-3H3,(H,37,40)(H2,34,35,36). The number of nitrogens with one attached hydrogen (secondary N) is 1. The van der Waals surface area contributed by atoms with Crippen LogP contribution in [0.25, 0.3) is 22.3 Å². The highest BCUT2D eigenvalue weighted by atomic mass is 19.2. The molecule has 0 aliphatic heterocycles. The molecule has 0 unspecified atom stereocenters. The highest BCUT2D eigenvalue weighted by molar-refractivity contribution is 5.98. The van der Waals surface area contributed by atoms with Crippen molar-refractivity contribution in [3.63, 3.8) is 0 Å². The Hall–Kier alpha value is -4.49. The first kappa shape index (κ1) is 29.0. The zero-order valence-corrected chi connectivity index (χ0v) is 22.9. The van der Waals surface area contributed by atoms with E-state index in [2.05, 4.69) is 20.4 Å². The first-order chi connectivity index (χ1) is 19.8. The van der Waals surface area contributed by atoms with Crippen molar-refractivity contribution in [2.75, 3.05) is 5.73 Å². The zero-order valence-electron chi connectivity index (χ0n) is 22.9. The van der Waals surface area contributed by atoms with Crippen LogP contribution in [0.5, 0.6) is 11.5 Å². The summed E-state index contributed by atoms with van der Waals surface area (Å²) < 4.78 is 82.6. The molecule has 2 heterocycles. The number of aromatic nitrogens is 4. The summed E-state index contributed by atoms with van der Waals surface area (Å²) >= 11 is 0. The van der Waals surface area contributed by atoms with Gasteiger partial charge < -0.3 is 20.5 Å². The van der Waals surface area contributed by atoms with E-state index in [-0.39, 0.29) is 35.2 Å². The Morgan fingerprint density at radius 2 is 1.64 bits per heavy atom. The summed E-state index contributed by atoms with van der Waals surface area (Å²) in [6.07, 6.45) is 3.29. The number of ether oxygens (including phenoxy) is 2. The molecule has 0 bridgehead atoms. The molecular weight excluding hydrogens is 563 g/mol. The van der Waals surface area contributed by atoms with Gasteiger partial charge in [-0.25, -0.2) is 32.6 Å². The molecular formula is C28H27F5N6O3. The van der Waals surface area contributed by atoms with Gasteiger partial charge in [-0.1, -0.05) is 0 Å². The molecule has 0 radical (unpaired) electrons. The summed E-state index contributed by atoms with van der Waals surface area (Å²) in [5, 5.41) is 7.80. The van der Waals surface area contributed by atoms with E-state index >= 15 is 4.39 Å². The van der Waals surface area contributed by atoms with E-state index in [4.69, 9.17) is 15.2 Å². The number of alkyl carbamates (subject to hydrolysis) is 1. The van der Waals surface area contributed by atoms with E-state index in [9.17, 15) is 22.4 Å². The highest BCUT2D eigenvalue weighted by Crippen LogP contribution is 2.38. The number of amides is 1. The van der Waals surface area contributed by atoms with E-state index < -0.39 is 52.3 Å². The average molecular weight is 591 g/mol. The second-order valence-corrected chi connectivity index (χ2v) is 10.9. The zero-order chi connectivity index (χ0) is 30.3. The molecule has 1 aliphatic rings. The Bertz CT molecular complexity index is 1640. The summed E-state index contributed by atoms with van der Waals surface area (Å²) in [4.78, 5) is 20.5. The predicted molar refractivity (Wildman–Crippen MR) is 142 cm³/mol. The van der Waals surface area contributed by atoms with Crippen LogP contribution in [0.3, 0.4) is 0 Å². The Balaban J connectivity index is 1.41. The Labute approximate surface area is 236 Å². The third-order valence-electron chi connectivity index (χ3n) is 6.77. The molecule has 14 heteroatoms. The van der Waals surface area contributed by atoms with Gasteiger partial charge in [-0.05, 0) is 58.6 Å². The van der Waals surface area contributed by atoms with E-state index in [1.165, 1.54) is 18.5 Å². The molecule has 3 N–H and O–H groups in total. The number of hydrogen-bond donors (Lipinski definition) is 2. The maximum atomic E-state index is 15.4. The lowest BCUT2D eigenvalue weighted by Gasteiger charge is -2.30. The molecule has 4 aromatic rings. The number of carbonyl (C=O) groups excluding carboxylic acids is 1. The highest BCUT2D eigenvalue weighted by Gasteiger charge is 2.29. The van der Waals surface area contributed by atoms with Crippen LogP contribution >= 0.6 is 0 Å². The number of rotatable bonds is 5. The molecule has 1 aliphatic carbocycles. The van der Waals surface area contributed by atoms with Gasteiger partial charge in [0.2, 0.25) is 17.4 Å². The van der Waals surface area contributed by atoms with Crippen molar-refractivity contribution in [2.45, 2.75) is 64.1 Å². The van der Waals surface area contributed by atoms with Gasteiger partial charge in [-0.3, -0.25) is 0 Å². The molecule has 1 fully saturated rings. The Morgan fingerprint density at radius 1 is 0.976 bits per heavy atom. The van der Waals surface area contributed by atoms with Crippen LogP contribution in [0.4, 0.5) is 32.6 Å². The van der Waals surface area contributed by atoms with Crippen molar-refractivity contribution in [1.29, 1.82) is 0 Å². The lowest BCUT2D eigenvalue weighted by molar-refractivity contribution is 0.0487. The summed E-state index contributed by atoms with van der Waals surface area (Å²) in [6.45, 7) is 5.35. The summed E-state index contributed by atoms with van der Waals surface area (Å²) in [6, 6.07) is 3.00. The fourth-order valence-corrected chi connectivity index (χ4v) is 4.89. The van der Waals surface area contributed by atoms with Crippen LogP contribution in [0.15, 0.2) is 30.6 Å². The van der Waals surface area contributed by atoms with Crippen molar-refractivity contribution in [3.8, 4) is 22.8 Å². The summed E-state index contributed by atoms with van der Waals surface area (Å²) in [7, 11) is 0. The molecule has 0 spiro atoms. The number of nitrogens with two attached hydrogens (primary N) is 1. The first-order valence-corrected chi connectivity index (χ1v) is 13.1. The van der Waals surface area contributed by atoms with Crippen molar-refractivity contribution >= 4 is 22.9 Å². The fourth-order valence-electron chi connectivity index (χ4n) is 4.89. The maximum Gasteiger partial charge on any atom is 0.407 e. The SMILES string of the molecule is CC(C)(C)OC(=O)NC1CCC(n2nc(-c3ccc(Oc4c(F)c(F)cc(F)c4F)cc3F)c3c(N)ncnc32)CC1. The third-order valence-corrected chi connectivity index (χ3v) is 6.77. The van der Waals surface area contributed by atoms with Crippen LogP contribution in [0.2, 0.25) is 0 Å². The third kappa shape index (κ3) is 5.78. The molecule has 1 saturated carbocycles. The maximum absolute atomic E-state index is 15.4. The minimum atomic E-state index is -1.76. The van der Waals surface area contributed by atoms with Gasteiger partial charge in [-0.15, -0.1) is 0 Å². The smallest absolute Gasteiger partial charge is 0.407 e. The number of benzene rings is 2. The van der Waals surface area contributed by atoms with E-state index in [1.54, 1.807) is 25.5 Å². The van der Waals surface area contributed by atoms with Crippen LogP contribution in [0.1, 0.15) is 52.5 Å². The number of hydrogen-bond acceptors (Lipinski definition) is 7.